The number of rotatable bonds is 6. The van der Waals surface area contributed by atoms with Crippen molar-refractivity contribution in [2.75, 3.05) is 20.2 Å². The van der Waals surface area contributed by atoms with Crippen LogP contribution < -0.4 is 4.74 Å². The van der Waals surface area contributed by atoms with Crippen LogP contribution in [-0.4, -0.2) is 46.1 Å². The van der Waals surface area contributed by atoms with Crippen LogP contribution in [0.1, 0.15) is 59.8 Å². The molecule has 4 aliphatic rings. The summed E-state index contributed by atoms with van der Waals surface area (Å²) in [4.78, 5) is 17.4. The molecular weight excluding hydrogens is 555 g/mol. The zero-order valence-electron chi connectivity index (χ0n) is 24.7. The molecule has 5 heterocycles. The fraction of sp³-hybridized carbons (Fsp3) is 0.361. The Hall–Kier alpha value is -3.28. The van der Waals surface area contributed by atoms with Crippen molar-refractivity contribution in [2.45, 2.75) is 49.1 Å². The summed E-state index contributed by atoms with van der Waals surface area (Å²) in [6, 6.07) is 27.4. The number of hydrogen-bond donors (Lipinski definition) is 2. The quantitative estimate of drug-likeness (QED) is 0.175. The van der Waals surface area contributed by atoms with E-state index in [1.165, 1.54) is 6.42 Å². The molecule has 43 heavy (non-hydrogen) atoms. The first-order valence-electron chi connectivity index (χ1n) is 15.3. The van der Waals surface area contributed by atoms with Crippen LogP contribution >= 0.6 is 7.37 Å². The van der Waals surface area contributed by atoms with Gasteiger partial charge in [-0.05, 0) is 85.0 Å². The molecular formula is C36H41N2O4P. The van der Waals surface area contributed by atoms with Crippen molar-refractivity contribution in [3.05, 3.63) is 120 Å². The lowest BCUT2D eigenvalue weighted by molar-refractivity contribution is -0.0444. The fourth-order valence-corrected chi connectivity index (χ4v) is 10.1. The molecule has 1 unspecified atom stereocenters. The van der Waals surface area contributed by atoms with E-state index in [9.17, 15) is 14.6 Å². The lowest BCUT2D eigenvalue weighted by Gasteiger charge is -2.50. The van der Waals surface area contributed by atoms with Crippen molar-refractivity contribution in [1.29, 1.82) is 0 Å². The second-order valence-corrected chi connectivity index (χ2v) is 14.7. The van der Waals surface area contributed by atoms with Crippen molar-refractivity contribution in [2.24, 2.45) is 11.8 Å². The normalized spacial score (nSPS) is 28.1. The maximum Gasteiger partial charge on any atom is 0.215 e. The van der Waals surface area contributed by atoms with Gasteiger partial charge in [0.15, 0.2) is 0 Å². The van der Waals surface area contributed by atoms with Crippen molar-refractivity contribution < 1.29 is 19.3 Å². The number of nitrogens with zero attached hydrogens (tertiary/aromatic N) is 2. The Labute approximate surface area is 254 Å². The summed E-state index contributed by atoms with van der Waals surface area (Å²) < 4.78 is 18.2. The van der Waals surface area contributed by atoms with Crippen molar-refractivity contribution >= 4 is 18.3 Å². The Kier molecular flexibility index (Phi) is 8.83. The highest BCUT2D eigenvalue weighted by Gasteiger charge is 2.46. The molecule has 224 valence electrons. The number of aliphatic hydroxyl groups excluding tert-OH is 1. The number of piperidine rings is 3. The maximum atomic E-state index is 12.8. The minimum Gasteiger partial charge on any atom is -0.497 e. The number of pyridine rings is 1. The number of ether oxygens (including phenoxy) is 1. The van der Waals surface area contributed by atoms with Gasteiger partial charge in [-0.2, -0.15) is 0 Å². The summed E-state index contributed by atoms with van der Waals surface area (Å²) in [6.07, 6.45) is 7.20. The molecule has 7 heteroatoms. The smallest absolute Gasteiger partial charge is 0.215 e. The van der Waals surface area contributed by atoms with Crippen LogP contribution in [0, 0.1) is 11.8 Å². The van der Waals surface area contributed by atoms with Gasteiger partial charge in [-0.3, -0.25) is 14.4 Å². The maximum absolute atomic E-state index is 12.8. The molecule has 4 aromatic rings. The second kappa shape index (κ2) is 12.8. The molecule has 4 fully saturated rings. The van der Waals surface area contributed by atoms with Crippen molar-refractivity contribution in [3.8, 4) is 5.75 Å². The SMILES string of the molecule is C=C[C@H]1CN2CC[C@H]1C[C@H]2[C@H](O)c1ccnc2ccc(OC)cc12.O=P1(O)[C@H](c2ccccc2)CC[C@H]1c1ccccc1. The van der Waals surface area contributed by atoms with Crippen molar-refractivity contribution in [1.82, 2.24) is 9.88 Å². The van der Waals surface area contributed by atoms with Crippen LogP contribution in [0.5, 0.6) is 5.75 Å². The highest BCUT2D eigenvalue weighted by atomic mass is 31.2. The predicted octanol–water partition coefficient (Wildman–Crippen LogP) is 7.71. The third-order valence-corrected chi connectivity index (χ3v) is 12.7. The molecule has 0 radical (unpaired) electrons. The monoisotopic (exact) mass is 596 g/mol. The zero-order chi connectivity index (χ0) is 30.0. The van der Waals surface area contributed by atoms with Gasteiger partial charge in [0.1, 0.15) is 5.75 Å². The average Bonchev–Trinajstić information content (AvgIpc) is 3.39. The molecule has 0 saturated carbocycles. The summed E-state index contributed by atoms with van der Waals surface area (Å²) in [5, 5.41) is 12.1. The van der Waals surface area contributed by atoms with Gasteiger partial charge in [-0.25, -0.2) is 0 Å². The number of hydrogen-bond acceptors (Lipinski definition) is 5. The van der Waals surface area contributed by atoms with E-state index in [0.29, 0.717) is 11.8 Å². The fourth-order valence-electron chi connectivity index (χ4n) is 7.46. The number of methoxy groups -OCH3 is 1. The third kappa shape index (κ3) is 5.94. The lowest BCUT2D eigenvalue weighted by atomic mass is 9.73. The largest absolute Gasteiger partial charge is 0.497 e. The third-order valence-electron chi connectivity index (χ3n) is 9.79. The van der Waals surface area contributed by atoms with Crippen LogP contribution in [-0.2, 0) is 4.57 Å². The van der Waals surface area contributed by atoms with E-state index in [0.717, 1.165) is 65.7 Å². The second-order valence-electron chi connectivity index (χ2n) is 12.1. The average molecular weight is 597 g/mol. The summed E-state index contributed by atoms with van der Waals surface area (Å²) in [5.41, 5.74) is 3.41. The zero-order valence-corrected chi connectivity index (χ0v) is 25.6. The van der Waals surface area contributed by atoms with Crippen LogP contribution in [0.4, 0.5) is 0 Å². The van der Waals surface area contributed by atoms with Gasteiger partial charge in [0, 0.05) is 24.2 Å². The Morgan fingerprint density at radius 3 is 2.19 bits per heavy atom. The topological polar surface area (TPSA) is 82.9 Å². The highest BCUT2D eigenvalue weighted by molar-refractivity contribution is 7.59. The van der Waals surface area contributed by atoms with E-state index >= 15 is 0 Å². The minimum atomic E-state index is -3.21. The number of aromatic nitrogens is 1. The van der Waals surface area contributed by atoms with E-state index in [-0.39, 0.29) is 17.4 Å². The van der Waals surface area contributed by atoms with E-state index in [1.54, 1.807) is 13.3 Å². The number of aliphatic hydroxyl groups is 1. The van der Waals surface area contributed by atoms with E-state index < -0.39 is 13.5 Å². The molecule has 4 aliphatic heterocycles. The summed E-state index contributed by atoms with van der Waals surface area (Å²) in [6.45, 7) is 6.07. The molecule has 0 spiro atoms. The Morgan fingerprint density at radius 1 is 0.977 bits per heavy atom. The van der Waals surface area contributed by atoms with Gasteiger partial charge in [0.05, 0.1) is 30.0 Å². The molecule has 2 bridgehead atoms. The molecule has 1 aromatic heterocycles. The molecule has 2 N–H and O–H groups in total. The van der Waals surface area contributed by atoms with E-state index in [1.807, 2.05) is 84.9 Å². The number of benzene rings is 3. The van der Waals surface area contributed by atoms with Crippen LogP contribution in [0.25, 0.3) is 10.9 Å². The molecule has 0 amide bonds. The Morgan fingerprint density at radius 2 is 1.63 bits per heavy atom. The molecule has 6 nitrogen and oxygen atoms in total. The minimum absolute atomic E-state index is 0.178. The van der Waals surface area contributed by atoms with Crippen molar-refractivity contribution in [3.63, 3.8) is 0 Å². The highest BCUT2D eigenvalue weighted by Crippen LogP contribution is 2.73. The molecule has 8 rings (SSSR count). The summed E-state index contributed by atoms with van der Waals surface area (Å²) >= 11 is 0. The van der Waals surface area contributed by atoms with Gasteiger partial charge in [-0.1, -0.05) is 66.7 Å². The van der Waals surface area contributed by atoms with Gasteiger partial charge in [0.25, 0.3) is 0 Å². The van der Waals surface area contributed by atoms with E-state index in [2.05, 4.69) is 22.5 Å². The molecule has 0 aliphatic carbocycles. The lowest BCUT2D eigenvalue weighted by Crippen LogP contribution is -2.54. The Bertz CT molecular complexity index is 1550. The standard InChI is InChI=1S/C20H24N2O2.C16H17O2P/c1-3-13-12-22-9-7-14(13)10-19(22)20(23)16-6-8-21-18-5-4-15(24-2)11-17(16)18;17-19(18)15(13-7-3-1-4-8-13)11-12-16(19)14-9-5-2-6-10-14/h3-6,8,11,13-14,19-20,23H,1,7,9-10,12H2,2H3;1-10,15-16H,11-12H2,(H,17,18)/t13-,14-,19-,20+;15-,16-/m00/s1. The summed E-state index contributed by atoms with van der Waals surface area (Å²) in [5.74, 6) is 2.01. The summed E-state index contributed by atoms with van der Waals surface area (Å²) in [7, 11) is -1.55. The molecule has 4 saturated heterocycles. The molecule has 3 aromatic carbocycles. The van der Waals surface area contributed by atoms with E-state index in [4.69, 9.17) is 4.74 Å². The Balaban J connectivity index is 0.000000157. The van der Waals surface area contributed by atoms with Gasteiger partial charge < -0.3 is 14.7 Å². The van der Waals surface area contributed by atoms with Gasteiger partial charge >= 0.3 is 0 Å². The van der Waals surface area contributed by atoms with Crippen LogP contribution in [0.3, 0.4) is 0 Å². The van der Waals surface area contributed by atoms with Gasteiger partial charge in [0.2, 0.25) is 7.37 Å². The first kappa shape index (κ1) is 29.8. The number of fused-ring (bicyclic) bond motifs is 4. The molecule has 7 atom stereocenters. The first-order chi connectivity index (χ1) is 20.9. The van der Waals surface area contributed by atoms with Crippen LogP contribution in [0.15, 0.2) is 104 Å². The van der Waals surface area contributed by atoms with Crippen LogP contribution in [0.2, 0.25) is 0 Å². The van der Waals surface area contributed by atoms with Gasteiger partial charge in [-0.15, -0.1) is 6.58 Å². The predicted molar refractivity (Wildman–Crippen MR) is 172 cm³/mol. The first-order valence-corrected chi connectivity index (χ1v) is 17.1.